The Bertz CT molecular complexity index is 978. The lowest BCUT2D eigenvalue weighted by Gasteiger charge is -2.34. The molecule has 0 aliphatic carbocycles. The number of nitrogens with one attached hydrogen (secondary N) is 1. The fourth-order valence-electron chi connectivity index (χ4n) is 3.36. The predicted octanol–water partition coefficient (Wildman–Crippen LogP) is 3.66. The van der Waals surface area contributed by atoms with E-state index in [0.29, 0.717) is 25.3 Å². The second-order valence-electron chi connectivity index (χ2n) is 6.57. The van der Waals surface area contributed by atoms with Crippen molar-refractivity contribution in [3.8, 4) is 17.3 Å². The monoisotopic (exact) mass is 362 g/mol. The van der Waals surface area contributed by atoms with Crippen molar-refractivity contribution in [3.63, 3.8) is 0 Å². The van der Waals surface area contributed by atoms with Crippen LogP contribution in [0.2, 0.25) is 0 Å². The van der Waals surface area contributed by atoms with Gasteiger partial charge in [-0.2, -0.15) is 5.26 Å². The van der Waals surface area contributed by atoms with Crippen LogP contribution in [0.1, 0.15) is 23.0 Å². The van der Waals surface area contributed by atoms with Crippen molar-refractivity contribution in [2.45, 2.75) is 12.6 Å². The third-order valence-electron chi connectivity index (χ3n) is 4.73. The summed E-state index contributed by atoms with van der Waals surface area (Å²) in [5.74, 6) is 0.522. The maximum Gasteiger partial charge on any atom is 0.126 e. The molecule has 2 heterocycles. The molecular formula is C21H19FN4O. The van der Waals surface area contributed by atoms with Crippen LogP contribution in [0.4, 0.5) is 4.39 Å². The lowest BCUT2D eigenvalue weighted by atomic mass is 10.1. The first kappa shape index (κ1) is 17.4. The molecule has 0 saturated carbocycles. The number of aromatic amines is 1. The summed E-state index contributed by atoms with van der Waals surface area (Å²) in [4.78, 5) is 10.1. The summed E-state index contributed by atoms with van der Waals surface area (Å²) in [7, 11) is 0. The molecule has 0 amide bonds. The van der Waals surface area contributed by atoms with Gasteiger partial charge >= 0.3 is 0 Å². The number of hydrogen-bond donors (Lipinski definition) is 1. The van der Waals surface area contributed by atoms with Crippen LogP contribution in [0.15, 0.2) is 54.7 Å². The highest BCUT2D eigenvalue weighted by Crippen LogP contribution is 2.27. The summed E-state index contributed by atoms with van der Waals surface area (Å²) in [5.41, 5.74) is 3.28. The van der Waals surface area contributed by atoms with Crippen LogP contribution < -0.4 is 0 Å². The van der Waals surface area contributed by atoms with Crippen molar-refractivity contribution in [1.82, 2.24) is 14.9 Å². The van der Waals surface area contributed by atoms with Gasteiger partial charge in [-0.15, -0.1) is 0 Å². The van der Waals surface area contributed by atoms with Crippen molar-refractivity contribution in [2.75, 3.05) is 19.8 Å². The number of halogens is 1. The Morgan fingerprint density at radius 1 is 1.26 bits per heavy atom. The van der Waals surface area contributed by atoms with E-state index in [4.69, 9.17) is 10.00 Å². The molecule has 5 nitrogen and oxygen atoms in total. The number of hydrogen-bond acceptors (Lipinski definition) is 4. The maximum atomic E-state index is 13.5. The van der Waals surface area contributed by atoms with Gasteiger partial charge in [-0.25, -0.2) is 9.37 Å². The summed E-state index contributed by atoms with van der Waals surface area (Å²) < 4.78 is 19.2. The molecule has 2 aromatic carbocycles. The summed E-state index contributed by atoms with van der Waals surface area (Å²) in [6.07, 6.45) is 1.73. The first-order valence-electron chi connectivity index (χ1n) is 8.84. The number of nitrogens with zero attached hydrogens (tertiary/aromatic N) is 3. The zero-order chi connectivity index (χ0) is 18.6. The summed E-state index contributed by atoms with van der Waals surface area (Å²) >= 11 is 0. The van der Waals surface area contributed by atoms with Crippen LogP contribution >= 0.6 is 0 Å². The Kier molecular flexibility index (Phi) is 4.97. The Labute approximate surface area is 157 Å². The maximum absolute atomic E-state index is 13.5. The van der Waals surface area contributed by atoms with Crippen LogP contribution in [0.25, 0.3) is 11.3 Å². The Morgan fingerprint density at radius 2 is 2.15 bits per heavy atom. The number of nitriles is 1. The number of ether oxygens (including phenoxy) is 1. The van der Waals surface area contributed by atoms with Gasteiger partial charge in [-0.3, -0.25) is 4.90 Å². The van der Waals surface area contributed by atoms with Crippen molar-refractivity contribution in [2.24, 2.45) is 0 Å². The third kappa shape index (κ3) is 3.90. The molecule has 4 rings (SSSR count). The van der Waals surface area contributed by atoms with Crippen LogP contribution in [-0.2, 0) is 11.3 Å². The van der Waals surface area contributed by atoms with Gasteiger partial charge in [0.05, 0.1) is 42.8 Å². The third-order valence-corrected chi connectivity index (χ3v) is 4.73. The van der Waals surface area contributed by atoms with Crippen molar-refractivity contribution in [1.29, 1.82) is 5.26 Å². The van der Waals surface area contributed by atoms with Crippen molar-refractivity contribution >= 4 is 0 Å². The van der Waals surface area contributed by atoms with Crippen LogP contribution in [0, 0.1) is 17.1 Å². The van der Waals surface area contributed by atoms with E-state index in [1.54, 1.807) is 18.3 Å². The lowest BCUT2D eigenvalue weighted by Crippen LogP contribution is -2.39. The van der Waals surface area contributed by atoms with E-state index in [-0.39, 0.29) is 11.9 Å². The van der Waals surface area contributed by atoms with E-state index in [1.807, 2.05) is 24.3 Å². The van der Waals surface area contributed by atoms with E-state index >= 15 is 0 Å². The number of morpholine rings is 1. The van der Waals surface area contributed by atoms with Gasteiger partial charge in [-0.1, -0.05) is 24.3 Å². The normalized spacial score (nSPS) is 17.6. The predicted molar refractivity (Wildman–Crippen MR) is 99.1 cm³/mol. The SMILES string of the molecule is N#Cc1cccc(CN2CCOC[C@H]2c2ncc(-c3cccc(F)c3)[nH]2)c1. The number of rotatable bonds is 4. The summed E-state index contributed by atoms with van der Waals surface area (Å²) in [5, 5.41) is 9.10. The summed E-state index contributed by atoms with van der Waals surface area (Å²) in [6, 6.07) is 16.2. The minimum absolute atomic E-state index is 0.0215. The Morgan fingerprint density at radius 3 is 3.00 bits per heavy atom. The second-order valence-corrected chi connectivity index (χ2v) is 6.57. The zero-order valence-electron chi connectivity index (χ0n) is 14.7. The van der Waals surface area contributed by atoms with E-state index in [0.717, 1.165) is 29.2 Å². The fraction of sp³-hybridized carbons (Fsp3) is 0.238. The molecule has 0 radical (unpaired) electrons. The molecule has 1 atom stereocenters. The topological polar surface area (TPSA) is 64.9 Å². The van der Waals surface area contributed by atoms with Gasteiger partial charge in [0.15, 0.2) is 0 Å². The highest BCUT2D eigenvalue weighted by Gasteiger charge is 2.27. The number of benzene rings is 2. The molecule has 136 valence electrons. The van der Waals surface area contributed by atoms with E-state index in [1.165, 1.54) is 12.1 Å². The van der Waals surface area contributed by atoms with E-state index < -0.39 is 0 Å². The van der Waals surface area contributed by atoms with Gasteiger partial charge in [0.25, 0.3) is 0 Å². The quantitative estimate of drug-likeness (QED) is 0.769. The van der Waals surface area contributed by atoms with Crippen LogP contribution in [-0.4, -0.2) is 34.6 Å². The van der Waals surface area contributed by atoms with Crippen LogP contribution in [0.5, 0.6) is 0 Å². The molecule has 27 heavy (non-hydrogen) atoms. The highest BCUT2D eigenvalue weighted by molar-refractivity contribution is 5.58. The number of imidazole rings is 1. The van der Waals surface area contributed by atoms with E-state index in [2.05, 4.69) is 20.9 Å². The minimum atomic E-state index is -0.274. The minimum Gasteiger partial charge on any atom is -0.378 e. The lowest BCUT2D eigenvalue weighted by molar-refractivity contribution is -0.0156. The van der Waals surface area contributed by atoms with Gasteiger partial charge in [0.2, 0.25) is 0 Å². The largest absolute Gasteiger partial charge is 0.378 e. The molecule has 1 N–H and O–H groups in total. The smallest absolute Gasteiger partial charge is 0.126 e. The van der Waals surface area contributed by atoms with E-state index in [9.17, 15) is 4.39 Å². The molecule has 1 aliphatic rings. The van der Waals surface area contributed by atoms with Gasteiger partial charge in [-0.05, 0) is 29.8 Å². The zero-order valence-corrected chi connectivity index (χ0v) is 14.7. The molecule has 6 heteroatoms. The van der Waals surface area contributed by atoms with Crippen molar-refractivity contribution in [3.05, 3.63) is 77.5 Å². The molecule has 0 unspecified atom stereocenters. The molecule has 1 aromatic heterocycles. The standard InChI is InChI=1S/C21H19FN4O/c22-18-6-2-5-17(10-18)19-12-24-21(25-19)20-14-27-8-7-26(20)13-16-4-1-3-15(9-16)11-23/h1-6,9-10,12,20H,7-8,13-14H2,(H,24,25)/t20-/m0/s1. The average Bonchev–Trinajstić information content (AvgIpc) is 3.19. The highest BCUT2D eigenvalue weighted by atomic mass is 19.1. The number of H-pyrrole nitrogens is 1. The second kappa shape index (κ2) is 7.70. The molecule has 1 saturated heterocycles. The van der Waals surface area contributed by atoms with Crippen molar-refractivity contribution < 1.29 is 9.13 Å². The molecule has 0 spiro atoms. The first-order chi connectivity index (χ1) is 13.2. The van der Waals surface area contributed by atoms with Gasteiger partial charge < -0.3 is 9.72 Å². The number of aromatic nitrogens is 2. The summed E-state index contributed by atoms with van der Waals surface area (Å²) in [6.45, 7) is 2.68. The molecule has 3 aromatic rings. The fourth-order valence-corrected chi connectivity index (χ4v) is 3.36. The Balaban J connectivity index is 1.57. The van der Waals surface area contributed by atoms with Gasteiger partial charge in [0.1, 0.15) is 11.6 Å². The average molecular weight is 362 g/mol. The first-order valence-corrected chi connectivity index (χ1v) is 8.84. The van der Waals surface area contributed by atoms with Gasteiger partial charge in [0, 0.05) is 18.7 Å². The van der Waals surface area contributed by atoms with Crippen LogP contribution in [0.3, 0.4) is 0 Å². The molecule has 1 aliphatic heterocycles. The molecule has 0 bridgehead atoms. The molecular weight excluding hydrogens is 343 g/mol. The molecule has 1 fully saturated rings. The Hall–Kier alpha value is -3.01.